The van der Waals surface area contributed by atoms with Crippen LogP contribution in [0.1, 0.15) is 31.4 Å². The minimum atomic E-state index is -0.323. The van der Waals surface area contributed by atoms with Crippen LogP contribution < -0.4 is 15.5 Å². The van der Waals surface area contributed by atoms with Gasteiger partial charge in [-0.2, -0.15) is 0 Å². The fraction of sp³-hybridized carbons (Fsp3) is 0.350. The van der Waals surface area contributed by atoms with Crippen LogP contribution in [0, 0.1) is 6.92 Å². The van der Waals surface area contributed by atoms with Crippen molar-refractivity contribution in [2.45, 2.75) is 33.7 Å². The largest absolute Gasteiger partial charge is 0.372 e. The summed E-state index contributed by atoms with van der Waals surface area (Å²) in [4.78, 5) is 30.2. The molecule has 0 unspecified atom stereocenters. The molecule has 2 aromatic rings. The maximum absolute atomic E-state index is 12.1. The van der Waals surface area contributed by atoms with Crippen molar-refractivity contribution in [2.24, 2.45) is 0 Å². The van der Waals surface area contributed by atoms with Crippen LogP contribution in [0.3, 0.4) is 0 Å². The van der Waals surface area contributed by atoms with Crippen molar-refractivity contribution in [1.29, 1.82) is 0 Å². The maximum Gasteiger partial charge on any atom is 0.233 e. The van der Waals surface area contributed by atoms with Crippen LogP contribution in [0.4, 0.5) is 11.4 Å². The smallest absolute Gasteiger partial charge is 0.233 e. The third-order valence-electron chi connectivity index (χ3n) is 4.17. The molecule has 1 aromatic heterocycles. The van der Waals surface area contributed by atoms with Crippen molar-refractivity contribution in [3.63, 3.8) is 0 Å². The molecule has 6 nitrogen and oxygen atoms in total. The van der Waals surface area contributed by atoms with E-state index in [1.807, 2.05) is 37.3 Å². The summed E-state index contributed by atoms with van der Waals surface area (Å²) in [7, 11) is 0. The average molecular weight is 354 g/mol. The number of hydrogen-bond donors (Lipinski definition) is 2. The zero-order valence-electron chi connectivity index (χ0n) is 15.6. The van der Waals surface area contributed by atoms with Crippen LogP contribution in [0.5, 0.6) is 0 Å². The van der Waals surface area contributed by atoms with Crippen LogP contribution in [0.15, 0.2) is 42.7 Å². The molecule has 26 heavy (non-hydrogen) atoms. The van der Waals surface area contributed by atoms with Gasteiger partial charge in [0, 0.05) is 43.4 Å². The number of pyridine rings is 1. The number of aromatic nitrogens is 1. The molecule has 0 saturated carbocycles. The molecule has 2 N–H and O–H groups in total. The lowest BCUT2D eigenvalue weighted by Gasteiger charge is -2.22. The molecule has 0 aliphatic heterocycles. The molecule has 1 heterocycles. The molecular weight excluding hydrogens is 328 g/mol. The minimum Gasteiger partial charge on any atom is -0.372 e. The van der Waals surface area contributed by atoms with Gasteiger partial charge in [-0.25, -0.2) is 0 Å². The molecule has 0 aliphatic carbocycles. The average Bonchev–Trinajstić information content (AvgIpc) is 2.64. The third kappa shape index (κ3) is 5.58. The van der Waals surface area contributed by atoms with Crippen LogP contribution in [-0.2, 0) is 16.1 Å². The zero-order valence-corrected chi connectivity index (χ0v) is 15.6. The Labute approximate surface area is 154 Å². The SMILES string of the molecule is CCN(CC)c1ccc(NC(=O)CC(=O)NCc2ccncc2)c(C)c1. The molecule has 0 spiro atoms. The van der Waals surface area contributed by atoms with Crippen molar-refractivity contribution in [2.75, 3.05) is 23.3 Å². The summed E-state index contributed by atoms with van der Waals surface area (Å²) in [6.07, 6.45) is 3.13. The highest BCUT2D eigenvalue weighted by atomic mass is 16.2. The van der Waals surface area contributed by atoms with E-state index >= 15 is 0 Å². The van der Waals surface area contributed by atoms with Crippen molar-refractivity contribution < 1.29 is 9.59 Å². The molecule has 0 bridgehead atoms. The van der Waals surface area contributed by atoms with E-state index in [1.165, 1.54) is 0 Å². The van der Waals surface area contributed by atoms with E-state index < -0.39 is 0 Å². The topological polar surface area (TPSA) is 74.3 Å². The first kappa shape index (κ1) is 19.4. The summed E-state index contributed by atoms with van der Waals surface area (Å²) >= 11 is 0. The summed E-state index contributed by atoms with van der Waals surface area (Å²) in [6, 6.07) is 9.56. The Kier molecular flexibility index (Phi) is 7.14. The highest BCUT2D eigenvalue weighted by Crippen LogP contribution is 2.22. The van der Waals surface area contributed by atoms with Crippen molar-refractivity contribution in [1.82, 2.24) is 10.3 Å². The Hall–Kier alpha value is -2.89. The summed E-state index contributed by atoms with van der Waals surface area (Å²) in [5.41, 5.74) is 3.77. The second-order valence-electron chi connectivity index (χ2n) is 6.03. The highest BCUT2D eigenvalue weighted by molar-refractivity contribution is 6.03. The number of nitrogens with zero attached hydrogens (tertiary/aromatic N) is 2. The Morgan fingerprint density at radius 1 is 1.04 bits per heavy atom. The highest BCUT2D eigenvalue weighted by Gasteiger charge is 2.11. The van der Waals surface area contributed by atoms with Crippen molar-refractivity contribution in [3.05, 3.63) is 53.9 Å². The zero-order chi connectivity index (χ0) is 18.9. The number of nitrogens with one attached hydrogen (secondary N) is 2. The first-order valence-electron chi connectivity index (χ1n) is 8.84. The van der Waals surface area contributed by atoms with Gasteiger partial charge in [-0.1, -0.05) is 0 Å². The third-order valence-corrected chi connectivity index (χ3v) is 4.17. The molecule has 0 saturated heterocycles. The summed E-state index contributed by atoms with van der Waals surface area (Å²) in [5, 5.41) is 5.55. The normalized spacial score (nSPS) is 10.3. The van der Waals surface area contributed by atoms with Crippen molar-refractivity contribution >= 4 is 23.2 Å². The maximum atomic E-state index is 12.1. The molecular formula is C20H26N4O2. The van der Waals surface area contributed by atoms with Crippen LogP contribution in [-0.4, -0.2) is 29.9 Å². The number of anilines is 2. The number of rotatable bonds is 8. The number of hydrogen-bond acceptors (Lipinski definition) is 4. The Bertz CT molecular complexity index is 743. The predicted octanol–water partition coefficient (Wildman–Crippen LogP) is 2.88. The molecule has 1 aromatic carbocycles. The lowest BCUT2D eigenvalue weighted by molar-refractivity contribution is -0.126. The second kappa shape index (κ2) is 9.56. The standard InChI is InChI=1S/C20H26N4O2/c1-4-24(5-2)17-6-7-18(15(3)12-17)23-20(26)13-19(25)22-14-16-8-10-21-11-9-16/h6-12H,4-5,13-14H2,1-3H3,(H,22,25)(H,23,26). The van der Waals surface area contributed by atoms with Crippen LogP contribution in [0.2, 0.25) is 0 Å². The Balaban J connectivity index is 1.88. The van der Waals surface area contributed by atoms with Gasteiger partial charge in [0.2, 0.25) is 11.8 Å². The Morgan fingerprint density at radius 3 is 2.35 bits per heavy atom. The van der Waals surface area contributed by atoms with Crippen molar-refractivity contribution in [3.8, 4) is 0 Å². The van der Waals surface area contributed by atoms with Gasteiger partial charge < -0.3 is 15.5 Å². The lowest BCUT2D eigenvalue weighted by Crippen LogP contribution is -2.28. The van der Waals surface area contributed by atoms with E-state index in [9.17, 15) is 9.59 Å². The summed E-state index contributed by atoms with van der Waals surface area (Å²) in [5.74, 6) is -0.632. The lowest BCUT2D eigenvalue weighted by atomic mass is 10.1. The van der Waals surface area contributed by atoms with Gasteiger partial charge in [-0.3, -0.25) is 14.6 Å². The van der Waals surface area contributed by atoms with Gasteiger partial charge >= 0.3 is 0 Å². The second-order valence-corrected chi connectivity index (χ2v) is 6.03. The molecule has 0 radical (unpaired) electrons. The first-order chi connectivity index (χ1) is 12.5. The van der Waals surface area contributed by atoms with E-state index in [0.29, 0.717) is 6.54 Å². The molecule has 2 rings (SSSR count). The number of carbonyl (C=O) groups is 2. The fourth-order valence-electron chi connectivity index (χ4n) is 2.68. The van der Waals surface area contributed by atoms with Gasteiger partial charge in [-0.15, -0.1) is 0 Å². The number of aryl methyl sites for hydroxylation is 1. The number of carbonyl (C=O) groups excluding carboxylic acids is 2. The van der Waals surface area contributed by atoms with Gasteiger partial charge in [-0.05, 0) is 62.2 Å². The number of benzene rings is 1. The monoisotopic (exact) mass is 354 g/mol. The van der Waals surface area contributed by atoms with Crippen LogP contribution in [0.25, 0.3) is 0 Å². The van der Waals surface area contributed by atoms with E-state index in [1.54, 1.807) is 12.4 Å². The molecule has 2 amide bonds. The fourth-order valence-corrected chi connectivity index (χ4v) is 2.68. The van der Waals surface area contributed by atoms with E-state index in [-0.39, 0.29) is 18.2 Å². The molecule has 0 aliphatic rings. The van der Waals surface area contributed by atoms with Gasteiger partial charge in [0.1, 0.15) is 6.42 Å². The van der Waals surface area contributed by atoms with Gasteiger partial charge in [0.25, 0.3) is 0 Å². The molecule has 6 heteroatoms. The van der Waals surface area contributed by atoms with Gasteiger partial charge in [0.05, 0.1) is 0 Å². The van der Waals surface area contributed by atoms with E-state index in [2.05, 4.69) is 34.4 Å². The van der Waals surface area contributed by atoms with Crippen LogP contribution >= 0.6 is 0 Å². The number of amides is 2. The summed E-state index contributed by atoms with van der Waals surface area (Å²) < 4.78 is 0. The van der Waals surface area contributed by atoms with E-state index in [0.717, 1.165) is 35.6 Å². The van der Waals surface area contributed by atoms with Gasteiger partial charge in [0.15, 0.2) is 0 Å². The summed E-state index contributed by atoms with van der Waals surface area (Å²) in [6.45, 7) is 8.41. The molecule has 0 fully saturated rings. The molecule has 138 valence electrons. The molecule has 0 atom stereocenters. The van der Waals surface area contributed by atoms with E-state index in [4.69, 9.17) is 0 Å². The predicted molar refractivity (Wildman–Crippen MR) is 104 cm³/mol. The first-order valence-corrected chi connectivity index (χ1v) is 8.84. The Morgan fingerprint density at radius 2 is 1.73 bits per heavy atom. The minimum absolute atomic E-state index is 0.206. The quantitative estimate of drug-likeness (QED) is 0.715.